The predicted molar refractivity (Wildman–Crippen MR) is 119 cm³/mol. The number of hydrogen-bond donors (Lipinski definition) is 3. The number of nitrogens with two attached hydrogens (primary N) is 1. The van der Waals surface area contributed by atoms with Crippen molar-refractivity contribution >= 4 is 23.2 Å². The third-order valence-electron chi connectivity index (χ3n) is 5.00. The van der Waals surface area contributed by atoms with E-state index in [0.717, 1.165) is 18.5 Å². The van der Waals surface area contributed by atoms with Gasteiger partial charge < -0.3 is 16.0 Å². The van der Waals surface area contributed by atoms with Gasteiger partial charge in [0.15, 0.2) is 6.04 Å². The summed E-state index contributed by atoms with van der Waals surface area (Å²) in [4.78, 5) is 23.8. The van der Waals surface area contributed by atoms with E-state index in [4.69, 9.17) is 0 Å². The van der Waals surface area contributed by atoms with E-state index in [1.54, 1.807) is 24.3 Å². The monoisotopic (exact) mass is 396 g/mol. The van der Waals surface area contributed by atoms with Crippen LogP contribution in [-0.4, -0.2) is 17.9 Å². The van der Waals surface area contributed by atoms with Crippen molar-refractivity contribution in [1.82, 2.24) is 0 Å². The van der Waals surface area contributed by atoms with Gasteiger partial charge in [-0.15, -0.1) is 0 Å². The van der Waals surface area contributed by atoms with Crippen LogP contribution in [0.2, 0.25) is 0 Å². The molecule has 0 bridgehead atoms. The van der Waals surface area contributed by atoms with Crippen LogP contribution in [0.4, 0.5) is 11.4 Å². The van der Waals surface area contributed by atoms with Crippen LogP contribution >= 0.6 is 0 Å². The first kappa shape index (κ1) is 22.6. The van der Waals surface area contributed by atoms with E-state index in [1.807, 2.05) is 6.92 Å². The Morgan fingerprint density at radius 2 is 1.45 bits per heavy atom. The summed E-state index contributed by atoms with van der Waals surface area (Å²) in [5.41, 5.74) is 4.03. The van der Waals surface area contributed by atoms with Crippen LogP contribution < -0.4 is 16.0 Å². The summed E-state index contributed by atoms with van der Waals surface area (Å²) in [5.74, 6) is 0.247. The maximum atomic E-state index is 12.7. The molecule has 0 heterocycles. The zero-order valence-corrected chi connectivity index (χ0v) is 18.2. The molecule has 0 fully saturated rings. The van der Waals surface area contributed by atoms with Crippen LogP contribution in [0.3, 0.4) is 0 Å². The highest BCUT2D eigenvalue weighted by atomic mass is 16.2. The molecule has 0 aliphatic carbocycles. The molecule has 0 radical (unpaired) electrons. The van der Waals surface area contributed by atoms with E-state index in [-0.39, 0.29) is 23.9 Å². The molecule has 4 N–H and O–H groups in total. The Hall–Kier alpha value is -2.66. The first-order chi connectivity index (χ1) is 13.8. The average Bonchev–Trinajstić information content (AvgIpc) is 2.68. The second kappa shape index (κ2) is 10.8. The normalized spacial score (nSPS) is 13.0. The molecular formula is C24H34N3O2+. The molecule has 0 spiro atoms. The first-order valence-corrected chi connectivity index (χ1v) is 10.4. The first-order valence-electron chi connectivity index (χ1n) is 10.4. The quantitative estimate of drug-likeness (QED) is 0.602. The van der Waals surface area contributed by atoms with Crippen molar-refractivity contribution in [3.8, 4) is 0 Å². The van der Waals surface area contributed by atoms with Gasteiger partial charge in [-0.3, -0.25) is 9.59 Å². The lowest BCUT2D eigenvalue weighted by molar-refractivity contribution is -0.718. The number of benzene rings is 2. The topological polar surface area (TPSA) is 74.8 Å². The van der Waals surface area contributed by atoms with Crippen LogP contribution in [0.5, 0.6) is 0 Å². The third kappa shape index (κ3) is 7.02. The lowest BCUT2D eigenvalue weighted by atomic mass is 9.94. The van der Waals surface area contributed by atoms with Gasteiger partial charge in [0.05, 0.1) is 0 Å². The number of carbonyl (C=O) groups excluding carboxylic acids is 2. The van der Waals surface area contributed by atoms with Gasteiger partial charge in [0, 0.05) is 29.8 Å². The molecule has 2 amide bonds. The number of quaternary nitrogens is 1. The maximum absolute atomic E-state index is 12.7. The van der Waals surface area contributed by atoms with E-state index in [0.29, 0.717) is 11.6 Å². The minimum absolute atomic E-state index is 0.0365. The minimum Gasteiger partial charge on any atom is -0.330 e. The summed E-state index contributed by atoms with van der Waals surface area (Å²) >= 11 is 0. The van der Waals surface area contributed by atoms with Gasteiger partial charge in [-0.25, -0.2) is 0 Å². The van der Waals surface area contributed by atoms with E-state index < -0.39 is 0 Å². The van der Waals surface area contributed by atoms with Crippen LogP contribution in [0, 0.1) is 5.92 Å². The summed E-state index contributed by atoms with van der Waals surface area (Å²) < 4.78 is 0. The van der Waals surface area contributed by atoms with Crippen molar-refractivity contribution in [2.45, 2.75) is 59.5 Å². The maximum Gasteiger partial charge on any atom is 0.282 e. The van der Waals surface area contributed by atoms with Crippen molar-refractivity contribution in [2.75, 3.05) is 10.6 Å². The zero-order chi connectivity index (χ0) is 21.4. The van der Waals surface area contributed by atoms with E-state index in [9.17, 15) is 9.59 Å². The van der Waals surface area contributed by atoms with Gasteiger partial charge >= 0.3 is 0 Å². The fourth-order valence-electron chi connectivity index (χ4n) is 3.41. The lowest BCUT2D eigenvalue weighted by Crippen LogP contribution is -2.93. The standard InChI is InChI=1S/C24H33N3O2/c1-6-7-19-8-10-20(11-9-19)23(16(2)3)25-17(4)24(29)27-22-14-12-21(13-15-22)26-18(5)28/h8-17,23,25H,6-7H2,1-5H3,(H,26,28)(H,27,29)/p+1/t17-,23-/m1/s1. The Morgan fingerprint density at radius 3 is 1.93 bits per heavy atom. The smallest absolute Gasteiger partial charge is 0.282 e. The molecule has 2 aromatic carbocycles. The van der Waals surface area contributed by atoms with Crippen LogP contribution in [0.15, 0.2) is 48.5 Å². The van der Waals surface area contributed by atoms with Crippen molar-refractivity contribution in [3.05, 3.63) is 59.7 Å². The molecule has 0 aliphatic heterocycles. The molecule has 0 saturated carbocycles. The highest BCUT2D eigenvalue weighted by molar-refractivity contribution is 5.94. The van der Waals surface area contributed by atoms with Crippen molar-refractivity contribution < 1.29 is 14.9 Å². The molecule has 156 valence electrons. The van der Waals surface area contributed by atoms with E-state index >= 15 is 0 Å². The molecule has 2 atom stereocenters. The number of amides is 2. The number of hydrogen-bond acceptors (Lipinski definition) is 2. The van der Waals surface area contributed by atoms with E-state index in [2.05, 4.69) is 61.0 Å². The summed E-state index contributed by atoms with van der Waals surface area (Å²) in [5, 5.41) is 7.82. The van der Waals surface area contributed by atoms with Crippen molar-refractivity contribution in [3.63, 3.8) is 0 Å². The Morgan fingerprint density at radius 1 is 0.897 bits per heavy atom. The number of nitrogens with one attached hydrogen (secondary N) is 2. The molecule has 0 unspecified atom stereocenters. The van der Waals surface area contributed by atoms with Gasteiger partial charge in [0.1, 0.15) is 6.04 Å². The summed E-state index contributed by atoms with van der Waals surface area (Å²) in [6, 6.07) is 15.9. The third-order valence-corrected chi connectivity index (χ3v) is 5.00. The lowest BCUT2D eigenvalue weighted by Gasteiger charge is -2.23. The predicted octanol–water partition coefficient (Wildman–Crippen LogP) is 3.89. The molecule has 29 heavy (non-hydrogen) atoms. The van der Waals surface area contributed by atoms with Gasteiger partial charge in [0.25, 0.3) is 5.91 Å². The fraction of sp³-hybridized carbons (Fsp3) is 0.417. The van der Waals surface area contributed by atoms with Crippen LogP contribution in [0.1, 0.15) is 58.2 Å². The average molecular weight is 397 g/mol. The second-order valence-corrected chi connectivity index (χ2v) is 7.99. The Bertz CT molecular complexity index is 798. The summed E-state index contributed by atoms with van der Waals surface area (Å²) in [6.07, 6.45) is 2.23. The molecule has 0 saturated heterocycles. The number of anilines is 2. The molecule has 2 aromatic rings. The summed E-state index contributed by atoms with van der Waals surface area (Å²) in [6.45, 7) is 9.96. The highest BCUT2D eigenvalue weighted by Crippen LogP contribution is 2.19. The van der Waals surface area contributed by atoms with Crippen molar-refractivity contribution in [1.29, 1.82) is 0 Å². The molecule has 0 aromatic heterocycles. The SMILES string of the molecule is CCCc1ccc([C@H]([NH2+][C@H](C)C(=O)Nc2ccc(NC(C)=O)cc2)C(C)C)cc1. The Balaban J connectivity index is 2.00. The van der Waals surface area contributed by atoms with Crippen LogP contribution in [-0.2, 0) is 16.0 Å². The molecule has 0 aliphatic rings. The van der Waals surface area contributed by atoms with E-state index in [1.165, 1.54) is 18.1 Å². The zero-order valence-electron chi connectivity index (χ0n) is 18.2. The molecule has 2 rings (SSSR count). The van der Waals surface area contributed by atoms with Gasteiger partial charge in [-0.05, 0) is 43.2 Å². The van der Waals surface area contributed by atoms with Crippen molar-refractivity contribution in [2.24, 2.45) is 5.92 Å². The van der Waals surface area contributed by atoms with Gasteiger partial charge in [-0.2, -0.15) is 0 Å². The van der Waals surface area contributed by atoms with Gasteiger partial charge in [-0.1, -0.05) is 51.5 Å². The minimum atomic E-state index is -0.229. The number of aryl methyl sites for hydroxylation is 1. The molecule has 5 nitrogen and oxygen atoms in total. The second-order valence-electron chi connectivity index (χ2n) is 7.99. The highest BCUT2D eigenvalue weighted by Gasteiger charge is 2.26. The fourth-order valence-corrected chi connectivity index (χ4v) is 3.41. The number of carbonyl (C=O) groups is 2. The van der Waals surface area contributed by atoms with Gasteiger partial charge in [0.2, 0.25) is 5.91 Å². The number of rotatable bonds is 9. The molecule has 5 heteroatoms. The Kier molecular flexibility index (Phi) is 8.40. The van der Waals surface area contributed by atoms with Crippen LogP contribution in [0.25, 0.3) is 0 Å². The largest absolute Gasteiger partial charge is 0.330 e. The summed E-state index contributed by atoms with van der Waals surface area (Å²) in [7, 11) is 0. The Labute approximate surface area is 174 Å². The molecular weight excluding hydrogens is 362 g/mol.